The van der Waals surface area contributed by atoms with Crippen LogP contribution in [0.5, 0.6) is 0 Å². The van der Waals surface area contributed by atoms with E-state index < -0.39 is 5.60 Å². The Morgan fingerprint density at radius 1 is 1.27 bits per heavy atom. The Morgan fingerprint density at radius 2 is 1.87 bits per heavy atom. The molecule has 1 rings (SSSR count). The predicted octanol–water partition coefficient (Wildman–Crippen LogP) is 2.58. The molecular weight excluding hydrogens is 188 g/mol. The average molecular weight is 214 g/mol. The van der Waals surface area contributed by atoms with Gasteiger partial charge in [-0.05, 0) is 57.3 Å². The first-order valence-corrected chi connectivity index (χ1v) is 6.20. The van der Waals surface area contributed by atoms with Crippen molar-refractivity contribution in [2.45, 2.75) is 65.1 Å². The van der Waals surface area contributed by atoms with E-state index in [2.05, 4.69) is 13.8 Å². The molecule has 15 heavy (non-hydrogen) atoms. The van der Waals surface area contributed by atoms with E-state index in [1.54, 1.807) is 0 Å². The molecule has 2 N–H and O–H groups in total. The van der Waals surface area contributed by atoms with Gasteiger partial charge in [0, 0.05) is 0 Å². The maximum atomic E-state index is 9.92. The van der Waals surface area contributed by atoms with Gasteiger partial charge in [0.05, 0.1) is 11.7 Å². The molecule has 0 amide bonds. The van der Waals surface area contributed by atoms with E-state index in [-0.39, 0.29) is 12.0 Å². The fourth-order valence-corrected chi connectivity index (χ4v) is 2.75. The molecule has 1 fully saturated rings. The van der Waals surface area contributed by atoms with Crippen LogP contribution in [0.2, 0.25) is 0 Å². The van der Waals surface area contributed by atoms with Crippen molar-refractivity contribution in [2.24, 2.45) is 17.8 Å². The smallest absolute Gasteiger partial charge is 0.0595 e. The first-order chi connectivity index (χ1) is 6.79. The highest BCUT2D eigenvalue weighted by molar-refractivity contribution is 4.84. The van der Waals surface area contributed by atoms with E-state index in [9.17, 15) is 10.2 Å². The lowest BCUT2D eigenvalue weighted by molar-refractivity contribution is -0.0197. The van der Waals surface area contributed by atoms with Gasteiger partial charge in [-0.1, -0.05) is 13.8 Å². The maximum Gasteiger partial charge on any atom is 0.0595 e. The molecule has 0 heterocycles. The first kappa shape index (κ1) is 13.0. The van der Waals surface area contributed by atoms with Gasteiger partial charge >= 0.3 is 0 Å². The van der Waals surface area contributed by atoms with Crippen LogP contribution in [0, 0.1) is 17.8 Å². The van der Waals surface area contributed by atoms with Crippen molar-refractivity contribution in [2.75, 3.05) is 0 Å². The van der Waals surface area contributed by atoms with Gasteiger partial charge in [0.1, 0.15) is 0 Å². The lowest BCUT2D eigenvalue weighted by Gasteiger charge is -2.37. The van der Waals surface area contributed by atoms with E-state index in [1.165, 1.54) is 0 Å². The summed E-state index contributed by atoms with van der Waals surface area (Å²) < 4.78 is 0. The lowest BCUT2D eigenvalue weighted by Crippen LogP contribution is -2.36. The standard InChI is InChI=1S/C13H26O2/c1-9(2)10-5-6-12(14)11(7-10)8-13(3,4)15/h9-12,14-15H,5-8H2,1-4H3. The minimum absolute atomic E-state index is 0.202. The zero-order valence-electron chi connectivity index (χ0n) is 10.5. The van der Waals surface area contributed by atoms with Crippen molar-refractivity contribution >= 4 is 0 Å². The molecule has 2 heteroatoms. The third-order valence-corrected chi connectivity index (χ3v) is 3.69. The van der Waals surface area contributed by atoms with Crippen molar-refractivity contribution < 1.29 is 10.2 Å². The summed E-state index contributed by atoms with van der Waals surface area (Å²) in [6.07, 6.45) is 3.64. The molecule has 1 aliphatic carbocycles. The van der Waals surface area contributed by atoms with Crippen LogP contribution < -0.4 is 0 Å². The Balaban J connectivity index is 2.54. The third-order valence-electron chi connectivity index (χ3n) is 3.69. The monoisotopic (exact) mass is 214 g/mol. The van der Waals surface area contributed by atoms with Crippen molar-refractivity contribution in [3.05, 3.63) is 0 Å². The van der Waals surface area contributed by atoms with Gasteiger partial charge < -0.3 is 10.2 Å². The summed E-state index contributed by atoms with van der Waals surface area (Å²) in [6, 6.07) is 0. The van der Waals surface area contributed by atoms with Crippen LogP contribution in [0.15, 0.2) is 0 Å². The topological polar surface area (TPSA) is 40.5 Å². The van der Waals surface area contributed by atoms with Crippen LogP contribution in [-0.2, 0) is 0 Å². The molecule has 0 aromatic rings. The summed E-state index contributed by atoms with van der Waals surface area (Å²) >= 11 is 0. The Morgan fingerprint density at radius 3 is 2.33 bits per heavy atom. The molecule has 3 unspecified atom stereocenters. The second-order valence-corrected chi connectivity index (χ2v) is 6.16. The molecular formula is C13H26O2. The third kappa shape index (κ3) is 4.12. The van der Waals surface area contributed by atoms with Crippen molar-refractivity contribution in [1.29, 1.82) is 0 Å². The molecule has 0 spiro atoms. The van der Waals surface area contributed by atoms with E-state index in [4.69, 9.17) is 0 Å². The summed E-state index contributed by atoms with van der Waals surface area (Å²) in [5.41, 5.74) is -0.648. The number of hydrogen-bond donors (Lipinski definition) is 2. The number of aliphatic hydroxyl groups excluding tert-OH is 1. The molecule has 1 saturated carbocycles. The van der Waals surface area contributed by atoms with Gasteiger partial charge in [0.25, 0.3) is 0 Å². The molecule has 2 nitrogen and oxygen atoms in total. The number of aliphatic hydroxyl groups is 2. The quantitative estimate of drug-likeness (QED) is 0.758. The summed E-state index contributed by atoms with van der Waals surface area (Å²) in [6.45, 7) is 8.17. The summed E-state index contributed by atoms with van der Waals surface area (Å²) in [4.78, 5) is 0. The summed E-state index contributed by atoms with van der Waals surface area (Å²) in [5, 5.41) is 19.7. The van der Waals surface area contributed by atoms with Crippen molar-refractivity contribution in [1.82, 2.24) is 0 Å². The number of rotatable bonds is 3. The lowest BCUT2D eigenvalue weighted by atomic mass is 9.72. The maximum absolute atomic E-state index is 9.92. The highest BCUT2D eigenvalue weighted by Crippen LogP contribution is 2.37. The van der Waals surface area contributed by atoms with Crippen molar-refractivity contribution in [3.63, 3.8) is 0 Å². The van der Waals surface area contributed by atoms with E-state index in [0.717, 1.165) is 31.6 Å². The predicted molar refractivity (Wildman–Crippen MR) is 62.6 cm³/mol. The van der Waals surface area contributed by atoms with Gasteiger partial charge in [-0.2, -0.15) is 0 Å². The van der Waals surface area contributed by atoms with Crippen LogP contribution >= 0.6 is 0 Å². The number of hydrogen-bond acceptors (Lipinski definition) is 2. The van der Waals surface area contributed by atoms with Crippen LogP contribution in [-0.4, -0.2) is 21.9 Å². The summed E-state index contributed by atoms with van der Waals surface area (Å²) in [7, 11) is 0. The second kappa shape index (κ2) is 4.84. The van der Waals surface area contributed by atoms with Gasteiger partial charge in [-0.3, -0.25) is 0 Å². The normalized spacial score (nSPS) is 33.4. The van der Waals surface area contributed by atoms with E-state index in [1.807, 2.05) is 13.8 Å². The van der Waals surface area contributed by atoms with E-state index >= 15 is 0 Å². The molecule has 0 aliphatic heterocycles. The molecule has 0 aromatic carbocycles. The molecule has 0 bridgehead atoms. The fraction of sp³-hybridized carbons (Fsp3) is 1.00. The van der Waals surface area contributed by atoms with Crippen LogP contribution in [0.25, 0.3) is 0 Å². The summed E-state index contributed by atoms with van der Waals surface area (Å²) in [5.74, 6) is 1.70. The van der Waals surface area contributed by atoms with E-state index in [0.29, 0.717) is 5.92 Å². The van der Waals surface area contributed by atoms with Gasteiger partial charge in [-0.15, -0.1) is 0 Å². The SMILES string of the molecule is CC(C)C1CCC(O)C(CC(C)(C)O)C1. The zero-order valence-corrected chi connectivity index (χ0v) is 10.5. The molecule has 3 atom stereocenters. The molecule has 0 aromatic heterocycles. The highest BCUT2D eigenvalue weighted by Gasteiger charge is 2.33. The first-order valence-electron chi connectivity index (χ1n) is 6.20. The van der Waals surface area contributed by atoms with Crippen LogP contribution in [0.3, 0.4) is 0 Å². The Kier molecular flexibility index (Phi) is 4.19. The molecule has 0 saturated heterocycles. The van der Waals surface area contributed by atoms with Crippen LogP contribution in [0.4, 0.5) is 0 Å². The molecule has 0 radical (unpaired) electrons. The minimum Gasteiger partial charge on any atom is -0.393 e. The van der Waals surface area contributed by atoms with Crippen LogP contribution in [0.1, 0.15) is 53.4 Å². The molecule has 90 valence electrons. The average Bonchev–Trinajstić information content (AvgIpc) is 2.06. The van der Waals surface area contributed by atoms with Gasteiger partial charge in [-0.25, -0.2) is 0 Å². The van der Waals surface area contributed by atoms with Gasteiger partial charge in [0.2, 0.25) is 0 Å². The van der Waals surface area contributed by atoms with Crippen molar-refractivity contribution in [3.8, 4) is 0 Å². The largest absolute Gasteiger partial charge is 0.393 e. The fourth-order valence-electron chi connectivity index (χ4n) is 2.75. The molecule has 1 aliphatic rings. The zero-order chi connectivity index (χ0) is 11.6. The Labute approximate surface area is 93.7 Å². The minimum atomic E-state index is -0.648. The second-order valence-electron chi connectivity index (χ2n) is 6.16. The Bertz CT molecular complexity index is 193. The Hall–Kier alpha value is -0.0800. The van der Waals surface area contributed by atoms with Gasteiger partial charge in [0.15, 0.2) is 0 Å². The highest BCUT2D eigenvalue weighted by atomic mass is 16.3.